The van der Waals surface area contributed by atoms with Gasteiger partial charge in [-0.3, -0.25) is 9.79 Å². The van der Waals surface area contributed by atoms with E-state index < -0.39 is 0 Å². The molecule has 0 aliphatic heterocycles. The Bertz CT molecular complexity index is 627. The van der Waals surface area contributed by atoms with Gasteiger partial charge < -0.3 is 15.5 Å². The van der Waals surface area contributed by atoms with Crippen LogP contribution < -0.4 is 10.6 Å². The van der Waals surface area contributed by atoms with Gasteiger partial charge in [0, 0.05) is 39.3 Å². The summed E-state index contributed by atoms with van der Waals surface area (Å²) in [6.45, 7) is 5.49. The quantitative estimate of drug-likeness (QED) is 0.628. The van der Waals surface area contributed by atoms with E-state index in [1.165, 1.54) is 25.7 Å². The second-order valence-electron chi connectivity index (χ2n) is 8.23. The molecule has 0 heterocycles. The number of guanidine groups is 1. The van der Waals surface area contributed by atoms with E-state index in [1.54, 1.807) is 19.0 Å². The molecule has 5 heteroatoms. The molecule has 0 radical (unpaired) electrons. The summed E-state index contributed by atoms with van der Waals surface area (Å²) in [4.78, 5) is 18.0. The van der Waals surface area contributed by atoms with Crippen LogP contribution in [0.5, 0.6) is 0 Å². The van der Waals surface area contributed by atoms with Crippen LogP contribution in [0.15, 0.2) is 29.3 Å². The van der Waals surface area contributed by atoms with Crippen molar-refractivity contribution < 1.29 is 4.79 Å². The highest BCUT2D eigenvalue weighted by Crippen LogP contribution is 2.34. The predicted molar refractivity (Wildman–Crippen MR) is 109 cm³/mol. The average molecular weight is 359 g/mol. The fraction of sp³-hybridized carbons (Fsp3) is 0.619. The van der Waals surface area contributed by atoms with Gasteiger partial charge in [0.15, 0.2) is 5.96 Å². The molecule has 0 saturated heterocycles. The largest absolute Gasteiger partial charge is 0.356 e. The summed E-state index contributed by atoms with van der Waals surface area (Å²) in [5, 5.41) is 6.95. The highest BCUT2D eigenvalue weighted by atomic mass is 16.2. The van der Waals surface area contributed by atoms with Crippen molar-refractivity contribution in [2.24, 2.45) is 10.4 Å². The molecule has 0 bridgehead atoms. The minimum absolute atomic E-state index is 0.0394. The molecule has 5 nitrogen and oxygen atoms in total. The van der Waals surface area contributed by atoms with Crippen LogP contribution in [0.25, 0.3) is 0 Å². The molecule has 1 fully saturated rings. The minimum atomic E-state index is 0.0394. The van der Waals surface area contributed by atoms with E-state index in [-0.39, 0.29) is 5.91 Å². The number of nitrogens with one attached hydrogen (secondary N) is 2. The molecular formula is C21H34N4O. The third kappa shape index (κ3) is 6.04. The molecule has 0 atom stereocenters. The number of carbonyl (C=O) groups excluding carboxylic acids is 1. The van der Waals surface area contributed by atoms with Gasteiger partial charge in [-0.2, -0.15) is 0 Å². The van der Waals surface area contributed by atoms with Crippen molar-refractivity contribution in [1.29, 1.82) is 0 Å². The van der Waals surface area contributed by atoms with Crippen molar-refractivity contribution in [2.75, 3.05) is 27.7 Å². The zero-order valence-corrected chi connectivity index (χ0v) is 16.9. The summed E-state index contributed by atoms with van der Waals surface area (Å²) in [6, 6.07) is 8.36. The van der Waals surface area contributed by atoms with Crippen LogP contribution in [-0.4, -0.2) is 50.5 Å². The first-order valence-corrected chi connectivity index (χ1v) is 9.58. The number of carbonyl (C=O) groups is 1. The Morgan fingerprint density at radius 2 is 1.96 bits per heavy atom. The lowest BCUT2D eigenvalue weighted by Gasteiger charge is -2.35. The van der Waals surface area contributed by atoms with Crippen LogP contribution in [-0.2, 0) is 6.42 Å². The second-order valence-corrected chi connectivity index (χ2v) is 8.23. The number of hydrogen-bond donors (Lipinski definition) is 2. The summed E-state index contributed by atoms with van der Waals surface area (Å²) in [6.07, 6.45) is 5.76. The first-order valence-electron chi connectivity index (χ1n) is 9.58. The van der Waals surface area contributed by atoms with Crippen molar-refractivity contribution in [3.8, 4) is 0 Å². The molecule has 144 valence electrons. The van der Waals surface area contributed by atoms with E-state index >= 15 is 0 Å². The fourth-order valence-corrected chi connectivity index (χ4v) is 3.37. The van der Waals surface area contributed by atoms with Gasteiger partial charge in [-0.15, -0.1) is 0 Å². The molecule has 1 aromatic carbocycles. The van der Waals surface area contributed by atoms with Crippen molar-refractivity contribution in [1.82, 2.24) is 15.5 Å². The monoisotopic (exact) mass is 358 g/mol. The van der Waals surface area contributed by atoms with Crippen molar-refractivity contribution in [2.45, 2.75) is 52.0 Å². The van der Waals surface area contributed by atoms with Crippen LogP contribution >= 0.6 is 0 Å². The minimum Gasteiger partial charge on any atom is -0.356 e. The molecular weight excluding hydrogens is 324 g/mol. The molecule has 1 saturated carbocycles. The van der Waals surface area contributed by atoms with Gasteiger partial charge in [-0.1, -0.05) is 26.0 Å². The van der Waals surface area contributed by atoms with Crippen LogP contribution in [0, 0.1) is 5.41 Å². The zero-order chi connectivity index (χ0) is 19.2. The molecule has 0 aromatic heterocycles. The van der Waals surface area contributed by atoms with Crippen molar-refractivity contribution in [3.05, 3.63) is 35.4 Å². The van der Waals surface area contributed by atoms with Crippen molar-refractivity contribution in [3.63, 3.8) is 0 Å². The highest BCUT2D eigenvalue weighted by molar-refractivity contribution is 5.94. The molecule has 26 heavy (non-hydrogen) atoms. The average Bonchev–Trinajstić information content (AvgIpc) is 2.62. The molecule has 1 aliphatic rings. The third-order valence-corrected chi connectivity index (χ3v) is 5.19. The standard InChI is InChI=1S/C21H34N4O/c1-21(2)12-9-18(10-13-21)24-20(22-3)23-14-11-16-7-6-8-17(15-16)19(26)25(4)5/h6-8,15,18H,9-14H2,1-5H3,(H2,22,23,24). The van der Waals surface area contributed by atoms with Crippen LogP contribution in [0.1, 0.15) is 55.5 Å². The Hall–Kier alpha value is -2.04. The van der Waals surface area contributed by atoms with Crippen LogP contribution in [0.2, 0.25) is 0 Å². The van der Waals surface area contributed by atoms with Gasteiger partial charge >= 0.3 is 0 Å². The van der Waals surface area contributed by atoms with E-state index in [0.717, 1.165) is 30.1 Å². The molecule has 1 amide bonds. The Kier molecular flexibility index (Phi) is 7.06. The Balaban J connectivity index is 1.81. The number of hydrogen-bond acceptors (Lipinski definition) is 2. The number of rotatable bonds is 5. The van der Waals surface area contributed by atoms with E-state index in [0.29, 0.717) is 11.5 Å². The number of nitrogens with zero attached hydrogens (tertiary/aromatic N) is 2. The van der Waals surface area contributed by atoms with E-state index in [9.17, 15) is 4.79 Å². The number of aliphatic imine (C=N–C) groups is 1. The van der Waals surface area contributed by atoms with Gasteiger partial charge in [0.2, 0.25) is 0 Å². The summed E-state index contributed by atoms with van der Waals surface area (Å²) >= 11 is 0. The molecule has 2 rings (SSSR count). The smallest absolute Gasteiger partial charge is 0.253 e. The lowest BCUT2D eigenvalue weighted by molar-refractivity contribution is 0.0827. The Morgan fingerprint density at radius 1 is 1.27 bits per heavy atom. The Labute approximate surface area is 158 Å². The van der Waals surface area contributed by atoms with E-state index in [4.69, 9.17) is 0 Å². The second kappa shape index (κ2) is 9.06. The molecule has 1 aliphatic carbocycles. The summed E-state index contributed by atoms with van der Waals surface area (Å²) in [7, 11) is 5.37. The summed E-state index contributed by atoms with van der Waals surface area (Å²) < 4.78 is 0. The van der Waals surface area contributed by atoms with Gasteiger partial charge in [0.05, 0.1) is 0 Å². The summed E-state index contributed by atoms with van der Waals surface area (Å²) in [5.74, 6) is 0.910. The molecule has 1 aromatic rings. The molecule has 0 spiro atoms. The number of benzene rings is 1. The maximum absolute atomic E-state index is 12.1. The van der Waals surface area contributed by atoms with E-state index in [2.05, 4.69) is 35.5 Å². The highest BCUT2D eigenvalue weighted by Gasteiger charge is 2.27. The van der Waals surface area contributed by atoms with Crippen LogP contribution in [0.4, 0.5) is 0 Å². The first-order chi connectivity index (χ1) is 12.3. The lowest BCUT2D eigenvalue weighted by Crippen LogP contribution is -2.46. The van der Waals surface area contributed by atoms with Crippen molar-refractivity contribution >= 4 is 11.9 Å². The third-order valence-electron chi connectivity index (χ3n) is 5.19. The fourth-order valence-electron chi connectivity index (χ4n) is 3.37. The number of amides is 1. The predicted octanol–water partition coefficient (Wildman–Crippen LogP) is 3.06. The maximum atomic E-state index is 12.1. The van der Waals surface area contributed by atoms with Gasteiger partial charge in [0.25, 0.3) is 5.91 Å². The van der Waals surface area contributed by atoms with Gasteiger partial charge in [-0.25, -0.2) is 0 Å². The Morgan fingerprint density at radius 3 is 2.58 bits per heavy atom. The normalized spacial score (nSPS) is 17.7. The SMILES string of the molecule is CN=C(NCCc1cccc(C(=O)N(C)C)c1)NC1CCC(C)(C)CC1. The first kappa shape index (κ1) is 20.3. The zero-order valence-electron chi connectivity index (χ0n) is 16.9. The van der Waals surface area contributed by atoms with Gasteiger partial charge in [0.1, 0.15) is 0 Å². The topological polar surface area (TPSA) is 56.7 Å². The lowest BCUT2D eigenvalue weighted by atomic mass is 9.75. The van der Waals surface area contributed by atoms with Gasteiger partial charge in [-0.05, 0) is 55.2 Å². The summed E-state index contributed by atoms with van der Waals surface area (Å²) in [5.41, 5.74) is 2.37. The maximum Gasteiger partial charge on any atom is 0.253 e. The van der Waals surface area contributed by atoms with E-state index in [1.807, 2.05) is 25.2 Å². The molecule has 2 N–H and O–H groups in total. The van der Waals surface area contributed by atoms with Crippen LogP contribution in [0.3, 0.4) is 0 Å². The molecule has 0 unspecified atom stereocenters.